The van der Waals surface area contributed by atoms with E-state index < -0.39 is 18.1 Å². The second-order valence-electron chi connectivity index (χ2n) is 5.33. The standard InChI is InChI=1S/C16H19ClN2O5/c1-10(24-12-5-3-11(17)4-6-12)16(22)19-8-7-18-15(21)13(19)9-14(20)23-2/h3-6,10,13H,7-9H2,1-2H3,(H,18,21). The molecule has 130 valence electrons. The third-order valence-electron chi connectivity index (χ3n) is 3.68. The Morgan fingerprint density at radius 3 is 2.67 bits per heavy atom. The summed E-state index contributed by atoms with van der Waals surface area (Å²) in [5.41, 5.74) is 0. The topological polar surface area (TPSA) is 84.9 Å². The summed E-state index contributed by atoms with van der Waals surface area (Å²) in [5, 5.41) is 3.21. The van der Waals surface area contributed by atoms with Crippen molar-refractivity contribution in [3.8, 4) is 5.75 Å². The molecule has 1 aromatic rings. The molecule has 0 spiro atoms. The van der Waals surface area contributed by atoms with Crippen molar-refractivity contribution in [2.75, 3.05) is 20.2 Å². The molecule has 1 N–H and O–H groups in total. The molecule has 1 aliphatic heterocycles. The smallest absolute Gasteiger partial charge is 0.308 e. The van der Waals surface area contributed by atoms with Gasteiger partial charge in [-0.25, -0.2) is 0 Å². The van der Waals surface area contributed by atoms with Gasteiger partial charge in [0.15, 0.2) is 6.10 Å². The van der Waals surface area contributed by atoms with E-state index in [1.165, 1.54) is 12.0 Å². The first-order valence-electron chi connectivity index (χ1n) is 7.49. The molecule has 1 aliphatic rings. The van der Waals surface area contributed by atoms with Crippen molar-refractivity contribution in [3.05, 3.63) is 29.3 Å². The number of nitrogens with zero attached hydrogens (tertiary/aromatic N) is 1. The molecule has 1 heterocycles. The second kappa shape index (κ2) is 8.01. The minimum Gasteiger partial charge on any atom is -0.481 e. The third kappa shape index (κ3) is 4.38. The molecule has 2 unspecified atom stereocenters. The quantitative estimate of drug-likeness (QED) is 0.797. The van der Waals surface area contributed by atoms with E-state index in [0.29, 0.717) is 23.9 Å². The Kier molecular flexibility index (Phi) is 6.03. The van der Waals surface area contributed by atoms with Crippen LogP contribution >= 0.6 is 11.6 Å². The number of hydrogen-bond acceptors (Lipinski definition) is 5. The minimum atomic E-state index is -0.894. The van der Waals surface area contributed by atoms with Gasteiger partial charge in [-0.3, -0.25) is 14.4 Å². The Bertz CT molecular complexity index is 619. The lowest BCUT2D eigenvalue weighted by atomic mass is 10.1. The lowest BCUT2D eigenvalue weighted by molar-refractivity contribution is -0.153. The Balaban J connectivity index is 2.07. The number of halogens is 1. The first kappa shape index (κ1) is 18.1. The van der Waals surface area contributed by atoms with E-state index in [1.54, 1.807) is 31.2 Å². The van der Waals surface area contributed by atoms with Crippen LogP contribution < -0.4 is 10.1 Å². The first-order chi connectivity index (χ1) is 11.4. The van der Waals surface area contributed by atoms with Gasteiger partial charge in [-0.15, -0.1) is 0 Å². The SMILES string of the molecule is COC(=O)CC1C(=O)NCCN1C(=O)C(C)Oc1ccc(Cl)cc1. The molecule has 7 nitrogen and oxygen atoms in total. The van der Waals surface area contributed by atoms with Gasteiger partial charge >= 0.3 is 5.97 Å². The first-order valence-corrected chi connectivity index (χ1v) is 7.87. The number of ether oxygens (including phenoxy) is 2. The summed E-state index contributed by atoms with van der Waals surface area (Å²) >= 11 is 5.81. The number of piperazine rings is 1. The molecule has 2 rings (SSSR count). The van der Waals surface area contributed by atoms with Gasteiger partial charge < -0.3 is 19.7 Å². The zero-order valence-electron chi connectivity index (χ0n) is 13.5. The van der Waals surface area contributed by atoms with Gasteiger partial charge in [-0.2, -0.15) is 0 Å². The van der Waals surface area contributed by atoms with Gasteiger partial charge in [0.1, 0.15) is 11.8 Å². The number of amides is 2. The van der Waals surface area contributed by atoms with Crippen LogP contribution in [-0.4, -0.2) is 55.0 Å². The highest BCUT2D eigenvalue weighted by atomic mass is 35.5. The number of carbonyl (C=O) groups excluding carboxylic acids is 3. The molecule has 24 heavy (non-hydrogen) atoms. The van der Waals surface area contributed by atoms with Crippen LogP contribution in [0.4, 0.5) is 0 Å². The predicted octanol–water partition coefficient (Wildman–Crippen LogP) is 0.997. The predicted molar refractivity (Wildman–Crippen MR) is 86.7 cm³/mol. The Morgan fingerprint density at radius 2 is 2.04 bits per heavy atom. The van der Waals surface area contributed by atoms with Gasteiger partial charge in [0.2, 0.25) is 5.91 Å². The Morgan fingerprint density at radius 1 is 1.38 bits per heavy atom. The zero-order valence-corrected chi connectivity index (χ0v) is 14.2. The molecule has 8 heteroatoms. The lowest BCUT2D eigenvalue weighted by Crippen LogP contribution is -2.60. The molecule has 2 atom stereocenters. The van der Waals surface area contributed by atoms with Crippen LogP contribution in [0.25, 0.3) is 0 Å². The fourth-order valence-corrected chi connectivity index (χ4v) is 2.55. The fourth-order valence-electron chi connectivity index (χ4n) is 2.42. The minimum absolute atomic E-state index is 0.193. The summed E-state index contributed by atoms with van der Waals surface area (Å²) in [4.78, 5) is 37.5. The molecule has 1 aromatic carbocycles. The summed E-state index contributed by atoms with van der Waals surface area (Å²) in [7, 11) is 1.24. The number of methoxy groups -OCH3 is 1. The molecule has 2 amide bonds. The average Bonchev–Trinajstić information content (AvgIpc) is 2.57. The van der Waals surface area contributed by atoms with Crippen LogP contribution in [0.15, 0.2) is 24.3 Å². The number of nitrogens with one attached hydrogen (secondary N) is 1. The van der Waals surface area contributed by atoms with E-state index in [-0.39, 0.29) is 18.2 Å². The Hall–Kier alpha value is -2.28. The maximum Gasteiger partial charge on any atom is 0.308 e. The maximum absolute atomic E-state index is 12.6. The lowest BCUT2D eigenvalue weighted by Gasteiger charge is -2.35. The van der Waals surface area contributed by atoms with E-state index in [1.807, 2.05) is 0 Å². The van der Waals surface area contributed by atoms with Gasteiger partial charge in [-0.1, -0.05) is 11.6 Å². The Labute approximate surface area is 144 Å². The van der Waals surface area contributed by atoms with Crippen molar-refractivity contribution >= 4 is 29.4 Å². The highest BCUT2D eigenvalue weighted by molar-refractivity contribution is 6.30. The largest absolute Gasteiger partial charge is 0.481 e. The molecule has 0 aliphatic carbocycles. The van der Waals surface area contributed by atoms with Gasteiger partial charge in [-0.05, 0) is 31.2 Å². The molecular weight excluding hydrogens is 336 g/mol. The van der Waals surface area contributed by atoms with Crippen molar-refractivity contribution < 1.29 is 23.9 Å². The van der Waals surface area contributed by atoms with Gasteiger partial charge in [0, 0.05) is 18.1 Å². The molecule has 0 saturated carbocycles. The molecular formula is C16H19ClN2O5. The number of rotatable bonds is 5. The zero-order chi connectivity index (χ0) is 17.7. The third-order valence-corrected chi connectivity index (χ3v) is 3.93. The van der Waals surface area contributed by atoms with Crippen LogP contribution in [0.1, 0.15) is 13.3 Å². The molecule has 0 bridgehead atoms. The van der Waals surface area contributed by atoms with Crippen LogP contribution in [0.2, 0.25) is 5.02 Å². The highest BCUT2D eigenvalue weighted by Crippen LogP contribution is 2.19. The number of carbonyl (C=O) groups is 3. The van der Waals surface area contributed by atoms with E-state index in [0.717, 1.165) is 0 Å². The average molecular weight is 355 g/mol. The normalized spacial score (nSPS) is 18.5. The molecule has 1 fully saturated rings. The van der Waals surface area contributed by atoms with Crippen LogP contribution in [0, 0.1) is 0 Å². The monoisotopic (exact) mass is 354 g/mol. The van der Waals surface area contributed by atoms with Gasteiger partial charge in [0.25, 0.3) is 5.91 Å². The van der Waals surface area contributed by atoms with Crippen molar-refractivity contribution in [3.63, 3.8) is 0 Å². The van der Waals surface area contributed by atoms with E-state index in [9.17, 15) is 14.4 Å². The maximum atomic E-state index is 12.6. The summed E-state index contributed by atoms with van der Waals surface area (Å²) < 4.78 is 10.2. The number of benzene rings is 1. The summed E-state index contributed by atoms with van der Waals surface area (Å²) in [5.74, 6) is -0.806. The van der Waals surface area contributed by atoms with Crippen molar-refractivity contribution in [2.45, 2.75) is 25.5 Å². The van der Waals surface area contributed by atoms with E-state index in [4.69, 9.17) is 16.3 Å². The van der Waals surface area contributed by atoms with Gasteiger partial charge in [0.05, 0.1) is 13.5 Å². The second-order valence-corrected chi connectivity index (χ2v) is 5.77. The van der Waals surface area contributed by atoms with Crippen molar-refractivity contribution in [1.82, 2.24) is 10.2 Å². The summed E-state index contributed by atoms with van der Waals surface area (Å²) in [6, 6.07) is 5.72. The van der Waals surface area contributed by atoms with E-state index >= 15 is 0 Å². The molecule has 0 radical (unpaired) electrons. The summed E-state index contributed by atoms with van der Waals surface area (Å²) in [6.07, 6.45) is -1.00. The van der Waals surface area contributed by atoms with Crippen molar-refractivity contribution in [1.29, 1.82) is 0 Å². The number of esters is 1. The summed E-state index contributed by atoms with van der Waals surface area (Å²) in [6.45, 7) is 2.23. The van der Waals surface area contributed by atoms with E-state index in [2.05, 4.69) is 10.1 Å². The molecule has 0 aromatic heterocycles. The number of hydrogen-bond donors (Lipinski definition) is 1. The fraction of sp³-hybridized carbons (Fsp3) is 0.438. The van der Waals surface area contributed by atoms with Crippen LogP contribution in [0.3, 0.4) is 0 Å². The van der Waals surface area contributed by atoms with Crippen molar-refractivity contribution in [2.24, 2.45) is 0 Å². The van der Waals surface area contributed by atoms with Crippen LogP contribution in [-0.2, 0) is 19.1 Å². The molecule has 1 saturated heterocycles. The van der Waals surface area contributed by atoms with Crippen LogP contribution in [0.5, 0.6) is 5.75 Å². The highest BCUT2D eigenvalue weighted by Gasteiger charge is 2.37.